The molecule has 0 heterocycles. The minimum atomic E-state index is -0.258. The molecule has 1 N–H and O–H groups in total. The van der Waals surface area contributed by atoms with Crippen LogP contribution < -0.4 is 5.32 Å². The topological polar surface area (TPSA) is 29.1 Å². The van der Waals surface area contributed by atoms with E-state index in [1.54, 1.807) is 0 Å². The molecule has 0 fully saturated rings. The molecular formula is C15H31NO. The highest BCUT2D eigenvalue weighted by atomic mass is 16.1. The van der Waals surface area contributed by atoms with Gasteiger partial charge in [-0.25, -0.2) is 0 Å². The minimum Gasteiger partial charge on any atom is -0.311 e. The van der Waals surface area contributed by atoms with Crippen molar-refractivity contribution in [2.24, 2.45) is 10.8 Å². The molecule has 2 heteroatoms. The molecule has 0 aromatic rings. The number of carbonyl (C=O) groups is 1. The van der Waals surface area contributed by atoms with Crippen molar-refractivity contribution in [3.05, 3.63) is 0 Å². The number of Topliss-reactive ketones (excluding diaryl/α,β-unsaturated/α-hetero) is 1. The van der Waals surface area contributed by atoms with E-state index in [-0.39, 0.29) is 16.4 Å². The molecule has 0 radical (unpaired) electrons. The summed E-state index contributed by atoms with van der Waals surface area (Å²) in [6, 6.07) is 0. The predicted octanol–water partition coefficient (Wildman–Crippen LogP) is 3.80. The van der Waals surface area contributed by atoms with Gasteiger partial charge in [0.2, 0.25) is 0 Å². The molecule has 0 amide bonds. The Morgan fingerprint density at radius 3 is 1.59 bits per heavy atom. The maximum atomic E-state index is 12.6. The summed E-state index contributed by atoms with van der Waals surface area (Å²) in [6.45, 7) is 17.5. The zero-order chi connectivity index (χ0) is 13.9. The normalized spacial score (nSPS) is 13.9. The molecule has 0 aromatic heterocycles. The summed E-state index contributed by atoms with van der Waals surface area (Å²) in [6.07, 6.45) is 1.81. The van der Waals surface area contributed by atoms with Crippen molar-refractivity contribution in [3.8, 4) is 0 Å². The zero-order valence-corrected chi connectivity index (χ0v) is 13.0. The van der Waals surface area contributed by atoms with Crippen molar-refractivity contribution < 1.29 is 4.79 Å². The van der Waals surface area contributed by atoms with Gasteiger partial charge in [-0.2, -0.15) is 0 Å². The number of carbonyl (C=O) groups excluding carboxylic acids is 1. The van der Waals surface area contributed by atoms with Gasteiger partial charge in [-0.05, 0) is 33.6 Å². The average molecular weight is 241 g/mol. The SMILES string of the molecule is CCC(CC)(CNC(C)(C)C)C(=O)C(C)(C)C. The lowest BCUT2D eigenvalue weighted by Gasteiger charge is -2.38. The summed E-state index contributed by atoms with van der Waals surface area (Å²) < 4.78 is 0. The van der Waals surface area contributed by atoms with Crippen molar-refractivity contribution in [2.45, 2.75) is 73.8 Å². The first-order valence-corrected chi connectivity index (χ1v) is 6.78. The number of nitrogens with one attached hydrogen (secondary N) is 1. The Bertz CT molecular complexity index is 251. The summed E-state index contributed by atoms with van der Waals surface area (Å²) in [5.74, 6) is 0.381. The van der Waals surface area contributed by atoms with Crippen LogP contribution in [0, 0.1) is 10.8 Å². The maximum Gasteiger partial charge on any atom is 0.145 e. The number of hydrogen-bond acceptors (Lipinski definition) is 2. The fourth-order valence-electron chi connectivity index (χ4n) is 2.13. The van der Waals surface area contributed by atoms with Crippen LogP contribution in [0.4, 0.5) is 0 Å². The first-order chi connectivity index (χ1) is 7.48. The van der Waals surface area contributed by atoms with E-state index in [1.165, 1.54) is 0 Å². The van der Waals surface area contributed by atoms with Gasteiger partial charge in [-0.1, -0.05) is 34.6 Å². The van der Waals surface area contributed by atoms with Crippen LogP contribution in [0.3, 0.4) is 0 Å². The Morgan fingerprint density at radius 2 is 1.35 bits per heavy atom. The molecule has 0 aliphatic rings. The minimum absolute atomic E-state index is 0.0632. The van der Waals surface area contributed by atoms with Crippen molar-refractivity contribution in [2.75, 3.05) is 6.54 Å². The van der Waals surface area contributed by atoms with E-state index in [1.807, 2.05) is 20.8 Å². The van der Waals surface area contributed by atoms with Gasteiger partial charge in [0.1, 0.15) is 5.78 Å². The molecule has 0 atom stereocenters. The van der Waals surface area contributed by atoms with Crippen LogP contribution in [0.2, 0.25) is 0 Å². The predicted molar refractivity (Wildman–Crippen MR) is 75.2 cm³/mol. The van der Waals surface area contributed by atoms with Crippen LogP contribution in [-0.2, 0) is 4.79 Å². The standard InChI is InChI=1S/C15H31NO/c1-9-15(10-2,11-16-14(6,7)8)12(17)13(3,4)5/h16H,9-11H2,1-8H3. The maximum absolute atomic E-state index is 12.6. The Kier molecular flexibility index (Phi) is 5.39. The van der Waals surface area contributed by atoms with Gasteiger partial charge < -0.3 is 5.32 Å². The molecule has 0 saturated heterocycles. The second kappa shape index (κ2) is 5.51. The molecule has 0 rings (SSSR count). The molecule has 0 unspecified atom stereocenters. The quantitative estimate of drug-likeness (QED) is 0.793. The van der Waals surface area contributed by atoms with E-state index in [0.717, 1.165) is 19.4 Å². The van der Waals surface area contributed by atoms with Crippen molar-refractivity contribution in [3.63, 3.8) is 0 Å². The van der Waals surface area contributed by atoms with Crippen molar-refractivity contribution in [1.29, 1.82) is 0 Å². The van der Waals surface area contributed by atoms with Gasteiger partial charge in [0.25, 0.3) is 0 Å². The average Bonchev–Trinajstić information content (AvgIpc) is 2.17. The van der Waals surface area contributed by atoms with Crippen LogP contribution in [0.25, 0.3) is 0 Å². The van der Waals surface area contributed by atoms with Gasteiger partial charge in [-0.15, -0.1) is 0 Å². The largest absolute Gasteiger partial charge is 0.311 e. The second-order valence-electron chi connectivity index (χ2n) is 7.17. The van der Waals surface area contributed by atoms with Crippen molar-refractivity contribution >= 4 is 5.78 Å². The monoisotopic (exact) mass is 241 g/mol. The van der Waals surface area contributed by atoms with Crippen LogP contribution in [0.1, 0.15) is 68.2 Å². The Balaban J connectivity index is 4.98. The molecule has 0 spiro atoms. The molecule has 0 bridgehead atoms. The highest BCUT2D eigenvalue weighted by Crippen LogP contribution is 2.35. The molecule has 0 aromatic carbocycles. The first kappa shape index (κ1) is 16.6. The van der Waals surface area contributed by atoms with Crippen LogP contribution in [0.5, 0.6) is 0 Å². The third-order valence-electron chi connectivity index (χ3n) is 3.47. The summed E-state index contributed by atoms with van der Waals surface area (Å²) in [5, 5.41) is 3.50. The lowest BCUT2D eigenvalue weighted by molar-refractivity contribution is -0.137. The highest BCUT2D eigenvalue weighted by molar-refractivity contribution is 5.89. The van der Waals surface area contributed by atoms with Crippen LogP contribution in [0.15, 0.2) is 0 Å². The Morgan fingerprint density at radius 1 is 0.941 bits per heavy atom. The van der Waals surface area contributed by atoms with Gasteiger partial charge >= 0.3 is 0 Å². The third-order valence-corrected chi connectivity index (χ3v) is 3.47. The molecular weight excluding hydrogens is 210 g/mol. The number of ketones is 1. The van der Waals surface area contributed by atoms with Crippen molar-refractivity contribution in [1.82, 2.24) is 5.32 Å². The molecule has 0 saturated carbocycles. The summed E-state index contributed by atoms with van der Waals surface area (Å²) >= 11 is 0. The lowest BCUT2D eigenvalue weighted by Crippen LogP contribution is -2.50. The van der Waals surface area contributed by atoms with E-state index >= 15 is 0 Å². The molecule has 0 aliphatic carbocycles. The fraction of sp³-hybridized carbons (Fsp3) is 0.933. The van der Waals surface area contributed by atoms with Crippen LogP contribution in [-0.4, -0.2) is 17.9 Å². The summed E-state index contributed by atoms with van der Waals surface area (Å²) in [7, 11) is 0. The summed E-state index contributed by atoms with van der Waals surface area (Å²) in [4.78, 5) is 12.6. The van der Waals surface area contributed by atoms with Gasteiger partial charge in [-0.3, -0.25) is 4.79 Å². The second-order valence-corrected chi connectivity index (χ2v) is 7.17. The van der Waals surface area contributed by atoms with Gasteiger partial charge in [0, 0.05) is 22.9 Å². The molecule has 102 valence electrons. The molecule has 2 nitrogen and oxygen atoms in total. The third kappa shape index (κ3) is 4.79. The van der Waals surface area contributed by atoms with Gasteiger partial charge in [0.05, 0.1) is 0 Å². The van der Waals surface area contributed by atoms with E-state index in [0.29, 0.717) is 5.78 Å². The Labute approximate surface area is 108 Å². The zero-order valence-electron chi connectivity index (χ0n) is 13.0. The smallest absolute Gasteiger partial charge is 0.145 e. The molecule has 0 aliphatic heterocycles. The lowest BCUT2D eigenvalue weighted by atomic mass is 9.69. The first-order valence-electron chi connectivity index (χ1n) is 6.78. The van der Waals surface area contributed by atoms with E-state index < -0.39 is 0 Å². The van der Waals surface area contributed by atoms with Crippen LogP contribution >= 0.6 is 0 Å². The Hall–Kier alpha value is -0.370. The van der Waals surface area contributed by atoms with E-state index in [9.17, 15) is 4.79 Å². The van der Waals surface area contributed by atoms with E-state index in [2.05, 4.69) is 39.9 Å². The highest BCUT2D eigenvalue weighted by Gasteiger charge is 2.41. The fourth-order valence-corrected chi connectivity index (χ4v) is 2.13. The van der Waals surface area contributed by atoms with E-state index in [4.69, 9.17) is 0 Å². The summed E-state index contributed by atoms with van der Waals surface area (Å²) in [5.41, 5.74) is -0.412. The number of rotatable bonds is 5. The molecule has 17 heavy (non-hydrogen) atoms. The number of hydrogen-bond donors (Lipinski definition) is 1. The van der Waals surface area contributed by atoms with Gasteiger partial charge in [0.15, 0.2) is 0 Å².